The van der Waals surface area contributed by atoms with E-state index in [2.05, 4.69) is 10.5 Å². The Hall–Kier alpha value is -0.860. The van der Waals surface area contributed by atoms with Gasteiger partial charge in [0.25, 0.3) is 0 Å². The van der Waals surface area contributed by atoms with Gasteiger partial charge in [-0.05, 0) is 32.2 Å². The molecule has 1 fully saturated rings. The number of amidine groups is 1. The first-order valence-electron chi connectivity index (χ1n) is 7.33. The monoisotopic (exact) mass is 320 g/mol. The van der Waals surface area contributed by atoms with Gasteiger partial charge in [-0.2, -0.15) is 0 Å². The quantitative estimate of drug-likeness (QED) is 0.209. The number of nitrogens with two attached hydrogens (primary N) is 1. The molecule has 8 heteroatoms. The van der Waals surface area contributed by atoms with Crippen molar-refractivity contribution in [2.24, 2.45) is 16.3 Å². The summed E-state index contributed by atoms with van der Waals surface area (Å²) in [6, 6.07) is 0.370. The van der Waals surface area contributed by atoms with E-state index >= 15 is 0 Å². The van der Waals surface area contributed by atoms with Gasteiger partial charge in [0.05, 0.1) is 6.26 Å². The van der Waals surface area contributed by atoms with Crippen molar-refractivity contribution >= 4 is 15.9 Å². The van der Waals surface area contributed by atoms with Crippen LogP contribution in [0.5, 0.6) is 0 Å². The van der Waals surface area contributed by atoms with Crippen molar-refractivity contribution < 1.29 is 13.6 Å². The fourth-order valence-corrected chi connectivity index (χ4v) is 3.37. The maximum atomic E-state index is 11.4. The lowest BCUT2D eigenvalue weighted by atomic mass is 9.86. The molecule has 0 saturated carbocycles. The first-order valence-corrected chi connectivity index (χ1v) is 9.18. The maximum absolute atomic E-state index is 11.4. The van der Waals surface area contributed by atoms with Crippen LogP contribution in [0.2, 0.25) is 0 Å². The molecule has 1 saturated heterocycles. The van der Waals surface area contributed by atoms with E-state index in [0.717, 1.165) is 32.2 Å². The van der Waals surface area contributed by atoms with Crippen LogP contribution in [0.3, 0.4) is 0 Å². The smallest absolute Gasteiger partial charge is 0.211 e. The van der Waals surface area contributed by atoms with E-state index in [1.165, 1.54) is 10.6 Å². The van der Waals surface area contributed by atoms with Crippen LogP contribution < -0.4 is 11.1 Å². The third-order valence-corrected chi connectivity index (χ3v) is 5.44. The minimum atomic E-state index is -3.05. The molecule has 0 radical (unpaired) electrons. The number of nitrogens with zero attached hydrogens (tertiary/aromatic N) is 2. The van der Waals surface area contributed by atoms with Crippen LogP contribution in [0, 0.1) is 5.41 Å². The second-order valence-corrected chi connectivity index (χ2v) is 8.35. The average Bonchev–Trinajstić information content (AvgIpc) is 2.42. The van der Waals surface area contributed by atoms with E-state index in [4.69, 9.17) is 10.9 Å². The highest BCUT2D eigenvalue weighted by Gasteiger charge is 2.25. The first-order chi connectivity index (χ1) is 9.66. The molecule has 1 aliphatic heterocycles. The predicted octanol–water partition coefficient (Wildman–Crippen LogP) is 0.553. The van der Waals surface area contributed by atoms with E-state index in [-0.39, 0.29) is 11.3 Å². The lowest BCUT2D eigenvalue weighted by Crippen LogP contribution is -2.44. The third-order valence-electron chi connectivity index (χ3n) is 4.14. The van der Waals surface area contributed by atoms with E-state index in [1.807, 2.05) is 13.8 Å². The van der Waals surface area contributed by atoms with Gasteiger partial charge >= 0.3 is 0 Å². The molecular weight excluding hydrogens is 292 g/mol. The fraction of sp³-hybridized carbons (Fsp3) is 0.923. The summed E-state index contributed by atoms with van der Waals surface area (Å²) in [7, 11) is -3.05. The van der Waals surface area contributed by atoms with Crippen LogP contribution in [0.1, 0.15) is 39.5 Å². The molecular formula is C13H28N4O3S. The molecule has 0 aromatic rings. The highest BCUT2D eigenvalue weighted by Crippen LogP contribution is 2.22. The Morgan fingerprint density at radius 2 is 2.00 bits per heavy atom. The first kappa shape index (κ1) is 18.2. The minimum Gasteiger partial charge on any atom is -0.409 e. The largest absolute Gasteiger partial charge is 0.409 e. The van der Waals surface area contributed by atoms with Crippen LogP contribution in [0.4, 0.5) is 0 Å². The molecule has 4 N–H and O–H groups in total. The number of rotatable bonds is 7. The molecule has 1 rings (SSSR count). The van der Waals surface area contributed by atoms with Crippen LogP contribution in [-0.2, 0) is 10.0 Å². The number of hydrogen-bond acceptors (Lipinski definition) is 5. The molecule has 0 spiro atoms. The van der Waals surface area contributed by atoms with Gasteiger partial charge in [0.1, 0.15) is 5.84 Å². The van der Waals surface area contributed by atoms with Gasteiger partial charge in [-0.1, -0.05) is 19.0 Å². The highest BCUT2D eigenvalue weighted by molar-refractivity contribution is 7.88. The second-order valence-electron chi connectivity index (χ2n) is 6.36. The van der Waals surface area contributed by atoms with Crippen molar-refractivity contribution in [1.82, 2.24) is 9.62 Å². The van der Waals surface area contributed by atoms with E-state index in [0.29, 0.717) is 19.1 Å². The molecule has 124 valence electrons. The lowest BCUT2D eigenvalue weighted by Gasteiger charge is -2.31. The Morgan fingerprint density at radius 1 is 1.43 bits per heavy atom. The van der Waals surface area contributed by atoms with Crippen molar-refractivity contribution in [3.05, 3.63) is 0 Å². The third kappa shape index (κ3) is 5.80. The predicted molar refractivity (Wildman–Crippen MR) is 83.9 cm³/mol. The van der Waals surface area contributed by atoms with Crippen LogP contribution in [0.15, 0.2) is 5.16 Å². The summed E-state index contributed by atoms with van der Waals surface area (Å²) in [6.45, 7) is 5.93. The van der Waals surface area contributed by atoms with Gasteiger partial charge < -0.3 is 16.3 Å². The van der Waals surface area contributed by atoms with Crippen molar-refractivity contribution in [3.8, 4) is 0 Å². The van der Waals surface area contributed by atoms with Gasteiger partial charge in [0, 0.05) is 24.5 Å². The van der Waals surface area contributed by atoms with E-state index in [9.17, 15) is 8.42 Å². The van der Waals surface area contributed by atoms with Gasteiger partial charge in [-0.25, -0.2) is 12.7 Å². The molecule has 0 atom stereocenters. The summed E-state index contributed by atoms with van der Waals surface area (Å²) < 4.78 is 24.4. The lowest BCUT2D eigenvalue weighted by molar-refractivity contribution is 0.285. The molecule has 0 amide bonds. The zero-order valence-corrected chi connectivity index (χ0v) is 14.0. The van der Waals surface area contributed by atoms with Gasteiger partial charge in [0.15, 0.2) is 0 Å². The molecule has 0 aromatic carbocycles. The minimum absolute atomic E-state index is 0.254. The topological polar surface area (TPSA) is 108 Å². The van der Waals surface area contributed by atoms with E-state index < -0.39 is 10.0 Å². The molecule has 1 heterocycles. The molecule has 0 aromatic heterocycles. The van der Waals surface area contributed by atoms with Gasteiger partial charge in [-0.3, -0.25) is 0 Å². The van der Waals surface area contributed by atoms with Crippen LogP contribution in [-0.4, -0.2) is 55.7 Å². The van der Waals surface area contributed by atoms with Crippen molar-refractivity contribution in [2.75, 3.05) is 25.9 Å². The Morgan fingerprint density at radius 3 is 2.48 bits per heavy atom. The van der Waals surface area contributed by atoms with Crippen molar-refractivity contribution in [1.29, 1.82) is 0 Å². The van der Waals surface area contributed by atoms with Crippen LogP contribution >= 0.6 is 0 Å². The molecule has 0 aliphatic carbocycles. The van der Waals surface area contributed by atoms with Gasteiger partial charge in [0.2, 0.25) is 10.0 Å². The number of hydrogen-bond donors (Lipinski definition) is 3. The Labute approximate surface area is 127 Å². The summed E-state index contributed by atoms with van der Waals surface area (Å²) in [6.07, 6.45) is 4.71. The zero-order chi connectivity index (χ0) is 16.1. The normalized spacial score (nSPS) is 19.9. The summed E-state index contributed by atoms with van der Waals surface area (Å²) in [5.41, 5.74) is 5.34. The van der Waals surface area contributed by atoms with Crippen LogP contribution in [0.25, 0.3) is 0 Å². The number of nitrogens with one attached hydrogen (secondary N) is 1. The standard InChI is InChI=1S/C13H28N4O3S/c1-13(2,12(14)16-18)7-4-8-15-11-5-9-17(10-6-11)21(3,19)20/h11,15,18H,4-10H2,1-3H3,(H2,14,16). The van der Waals surface area contributed by atoms with Crippen molar-refractivity contribution in [2.45, 2.75) is 45.6 Å². The summed E-state index contributed by atoms with van der Waals surface area (Å²) in [4.78, 5) is 0. The molecule has 1 aliphatic rings. The van der Waals surface area contributed by atoms with E-state index in [1.54, 1.807) is 0 Å². The summed E-state index contributed by atoms with van der Waals surface area (Å²) >= 11 is 0. The number of sulfonamides is 1. The number of oxime groups is 1. The Bertz CT molecular complexity index is 454. The molecule has 21 heavy (non-hydrogen) atoms. The Balaban J connectivity index is 2.24. The van der Waals surface area contributed by atoms with Gasteiger partial charge in [-0.15, -0.1) is 0 Å². The fourth-order valence-electron chi connectivity index (χ4n) is 2.49. The highest BCUT2D eigenvalue weighted by atomic mass is 32.2. The zero-order valence-electron chi connectivity index (χ0n) is 13.2. The SMILES string of the molecule is CC(C)(CCCNC1CCN(S(C)(=O)=O)CC1)C(N)=NO. The molecule has 7 nitrogen and oxygen atoms in total. The summed E-state index contributed by atoms with van der Waals surface area (Å²) in [5, 5.41) is 15.2. The molecule has 0 unspecified atom stereocenters. The Kier molecular flexibility index (Phi) is 6.42. The number of piperidine rings is 1. The summed E-state index contributed by atoms with van der Waals surface area (Å²) in [5.74, 6) is 0.254. The van der Waals surface area contributed by atoms with Crippen molar-refractivity contribution in [3.63, 3.8) is 0 Å². The average molecular weight is 320 g/mol. The maximum Gasteiger partial charge on any atom is 0.211 e. The molecule has 0 bridgehead atoms. The second kappa shape index (κ2) is 7.42.